The number of amides is 3. The van der Waals surface area contributed by atoms with Crippen LogP contribution in [0.5, 0.6) is 0 Å². The smallest absolute Gasteiger partial charge is 0.280 e. The summed E-state index contributed by atoms with van der Waals surface area (Å²) < 4.78 is 4.38. The molecule has 27 heteroatoms. The Morgan fingerprint density at radius 3 is 1.33 bits per heavy atom. The molecule has 318 valence electrons. The summed E-state index contributed by atoms with van der Waals surface area (Å²) in [7, 11) is 0. The van der Waals surface area contributed by atoms with Gasteiger partial charge in [0.25, 0.3) is 16.7 Å². The lowest BCUT2D eigenvalue weighted by molar-refractivity contribution is -0.132. The molecule has 0 atom stereocenters. The Balaban J connectivity index is 1.03. The van der Waals surface area contributed by atoms with E-state index in [9.17, 15) is 28.8 Å². The average Bonchev–Trinajstić information content (AvgIpc) is 3.92. The SMILES string of the molecule is C=CN(CCSCCN(CCSCCN(CCS)C(=O)Cn1cnc2c(=O)[nH]c(N)nc21)C(=O)Cn1cnc2c(=O)[nH]c(N)nc21)C(=O)Cn1cnc2c(=O)[nH]c(N)nc21. The van der Waals surface area contributed by atoms with Gasteiger partial charge in [-0.3, -0.25) is 43.7 Å². The summed E-state index contributed by atoms with van der Waals surface area (Å²) >= 11 is 7.41. The molecule has 9 N–H and O–H groups in total. The molecule has 0 radical (unpaired) electrons. The Hall–Kier alpha value is -6.35. The largest absolute Gasteiger partial charge is 0.369 e. The predicted octanol–water partition coefficient (Wildman–Crippen LogP) is -1.84. The summed E-state index contributed by atoms with van der Waals surface area (Å²) in [6.07, 6.45) is 5.51. The van der Waals surface area contributed by atoms with Gasteiger partial charge in [0, 0.05) is 61.5 Å². The highest BCUT2D eigenvalue weighted by atomic mass is 32.2. The van der Waals surface area contributed by atoms with Gasteiger partial charge in [-0.15, -0.1) is 0 Å². The van der Waals surface area contributed by atoms with Crippen molar-refractivity contribution in [3.8, 4) is 0 Å². The zero-order valence-electron chi connectivity index (χ0n) is 32.0. The number of carbonyl (C=O) groups is 3. The number of thioether (sulfide) groups is 2. The van der Waals surface area contributed by atoms with Gasteiger partial charge in [0.1, 0.15) is 19.6 Å². The van der Waals surface area contributed by atoms with Crippen LogP contribution in [0, 0.1) is 0 Å². The number of nitrogen functional groups attached to an aromatic ring is 3. The molecule has 0 unspecified atom stereocenters. The number of H-pyrrole nitrogens is 3. The van der Waals surface area contributed by atoms with Crippen LogP contribution in [0.1, 0.15) is 0 Å². The molecule has 0 aromatic carbocycles. The van der Waals surface area contributed by atoms with Crippen LogP contribution in [0.4, 0.5) is 17.8 Å². The number of aromatic amines is 3. The molecular weight excluding hydrogens is 841 g/mol. The molecule has 0 aliphatic heterocycles. The minimum Gasteiger partial charge on any atom is -0.369 e. The Labute approximate surface area is 352 Å². The van der Waals surface area contributed by atoms with Gasteiger partial charge in [0.15, 0.2) is 33.5 Å². The van der Waals surface area contributed by atoms with E-state index in [-0.39, 0.29) is 88.7 Å². The van der Waals surface area contributed by atoms with Crippen LogP contribution >= 0.6 is 36.2 Å². The molecule has 6 aromatic rings. The molecule has 0 saturated carbocycles. The second-order valence-corrected chi connectivity index (χ2v) is 15.9. The standard InChI is InChI=1S/C33H42N18O6S3/c1-2-46(19(52)13-49-16-37-22-25(49)40-31(34)43-28(22)55)4-9-59-11-6-48(21(54)15-51-18-39-24-27(51)42-33(36)45-30(24)57)7-12-60-10-5-47(3-8-58)20(53)14-50-17-38-23-26(50)41-32(35)44-29(23)56/h2,16-18,58H,1,3-15H2,(H3,34,40,43,55)(H3,35,41,44,56)(H3,36,42,45,57). The van der Waals surface area contributed by atoms with Crippen LogP contribution in [0.2, 0.25) is 0 Å². The zero-order valence-corrected chi connectivity index (χ0v) is 34.5. The molecular formula is C33H42N18O6S3. The molecule has 0 aliphatic carbocycles. The van der Waals surface area contributed by atoms with E-state index in [2.05, 4.69) is 64.1 Å². The summed E-state index contributed by atoms with van der Waals surface area (Å²) in [6, 6.07) is 0. The number of nitrogens with zero attached hydrogens (tertiary/aromatic N) is 12. The minimum absolute atomic E-state index is 0.0573. The van der Waals surface area contributed by atoms with Gasteiger partial charge in [0.2, 0.25) is 35.6 Å². The van der Waals surface area contributed by atoms with Gasteiger partial charge in [0.05, 0.1) is 19.0 Å². The second kappa shape index (κ2) is 19.6. The summed E-state index contributed by atoms with van der Waals surface area (Å²) in [5, 5.41) is 0. The van der Waals surface area contributed by atoms with Crippen molar-refractivity contribution in [1.82, 2.24) is 73.3 Å². The number of imidazole rings is 3. The monoisotopic (exact) mass is 882 g/mol. The Kier molecular flexibility index (Phi) is 14.1. The fourth-order valence-electron chi connectivity index (χ4n) is 6.04. The van der Waals surface area contributed by atoms with Crippen molar-refractivity contribution >= 4 is 105 Å². The lowest BCUT2D eigenvalue weighted by Crippen LogP contribution is -2.38. The van der Waals surface area contributed by atoms with Crippen molar-refractivity contribution in [1.29, 1.82) is 0 Å². The highest BCUT2D eigenvalue weighted by Crippen LogP contribution is 2.13. The topological polar surface area (TPSA) is 330 Å². The van der Waals surface area contributed by atoms with E-state index >= 15 is 0 Å². The minimum atomic E-state index is -0.518. The molecule has 6 heterocycles. The first-order valence-electron chi connectivity index (χ1n) is 18.2. The molecule has 60 heavy (non-hydrogen) atoms. The number of rotatable bonds is 21. The van der Waals surface area contributed by atoms with E-state index in [0.717, 1.165) is 0 Å². The van der Waals surface area contributed by atoms with E-state index in [1.165, 1.54) is 55.5 Å². The van der Waals surface area contributed by atoms with Crippen LogP contribution in [-0.2, 0) is 34.0 Å². The summed E-state index contributed by atoms with van der Waals surface area (Å²) in [5.41, 5.74) is 16.4. The maximum absolute atomic E-state index is 13.8. The van der Waals surface area contributed by atoms with E-state index in [1.807, 2.05) is 0 Å². The van der Waals surface area contributed by atoms with Gasteiger partial charge >= 0.3 is 0 Å². The number of aromatic nitrogens is 12. The summed E-state index contributed by atoms with van der Waals surface area (Å²) in [5.74, 6) is 1.54. The molecule has 0 saturated heterocycles. The van der Waals surface area contributed by atoms with Crippen molar-refractivity contribution < 1.29 is 14.4 Å². The average molecular weight is 883 g/mol. The molecule has 6 aromatic heterocycles. The van der Waals surface area contributed by atoms with Crippen molar-refractivity contribution in [2.45, 2.75) is 19.6 Å². The number of nitrogens with one attached hydrogen (secondary N) is 3. The van der Waals surface area contributed by atoms with Crippen LogP contribution in [-0.4, -0.2) is 152 Å². The van der Waals surface area contributed by atoms with Crippen molar-refractivity contribution in [2.24, 2.45) is 0 Å². The number of carbonyl (C=O) groups excluding carboxylic acids is 3. The third kappa shape index (κ3) is 10.3. The first-order valence-corrected chi connectivity index (χ1v) is 21.2. The van der Waals surface area contributed by atoms with Gasteiger partial charge < -0.3 is 45.6 Å². The predicted molar refractivity (Wildman–Crippen MR) is 231 cm³/mol. The van der Waals surface area contributed by atoms with Crippen molar-refractivity contribution in [3.63, 3.8) is 0 Å². The number of hydrogen-bond donors (Lipinski definition) is 7. The van der Waals surface area contributed by atoms with Gasteiger partial charge in [-0.25, -0.2) is 15.0 Å². The van der Waals surface area contributed by atoms with Crippen LogP contribution in [0.25, 0.3) is 33.5 Å². The number of anilines is 3. The highest BCUT2D eigenvalue weighted by Gasteiger charge is 2.20. The fourth-order valence-corrected chi connectivity index (χ4v) is 8.06. The summed E-state index contributed by atoms with van der Waals surface area (Å²) in [6.45, 7) is 5.22. The van der Waals surface area contributed by atoms with E-state index < -0.39 is 16.7 Å². The number of hydrogen-bond acceptors (Lipinski definition) is 18. The second-order valence-electron chi connectivity index (χ2n) is 13.0. The Bertz CT molecular complexity index is 2700. The molecule has 24 nitrogen and oxygen atoms in total. The lowest BCUT2D eigenvalue weighted by Gasteiger charge is -2.24. The first kappa shape index (κ1) is 43.2. The summed E-state index contributed by atoms with van der Waals surface area (Å²) in [4.78, 5) is 113. The molecule has 0 bridgehead atoms. The Morgan fingerprint density at radius 1 is 0.617 bits per heavy atom. The first-order chi connectivity index (χ1) is 28.9. The van der Waals surface area contributed by atoms with Gasteiger partial charge in [-0.05, 0) is 6.20 Å². The van der Waals surface area contributed by atoms with Crippen LogP contribution < -0.4 is 33.9 Å². The molecule has 0 aliphatic rings. The van der Waals surface area contributed by atoms with Crippen molar-refractivity contribution in [2.75, 3.05) is 78.7 Å². The molecule has 6 rings (SSSR count). The maximum Gasteiger partial charge on any atom is 0.280 e. The van der Waals surface area contributed by atoms with E-state index in [4.69, 9.17) is 17.2 Å². The van der Waals surface area contributed by atoms with Crippen LogP contribution in [0.3, 0.4) is 0 Å². The normalized spacial score (nSPS) is 11.4. The number of thiol groups is 1. The molecule has 3 amide bonds. The zero-order chi connectivity index (χ0) is 42.9. The van der Waals surface area contributed by atoms with Gasteiger partial charge in [-0.2, -0.15) is 51.1 Å². The number of nitrogens with two attached hydrogens (primary N) is 3. The van der Waals surface area contributed by atoms with Gasteiger partial charge in [-0.1, -0.05) is 6.58 Å². The number of fused-ring (bicyclic) bond motifs is 3. The fraction of sp³-hybridized carbons (Fsp3) is 0.394. The third-order valence-corrected chi connectivity index (χ3v) is 11.1. The highest BCUT2D eigenvalue weighted by molar-refractivity contribution is 7.99. The van der Waals surface area contributed by atoms with Crippen molar-refractivity contribution in [3.05, 3.63) is 62.8 Å². The quantitative estimate of drug-likeness (QED) is 0.0308. The van der Waals surface area contributed by atoms with Crippen LogP contribution in [0.15, 0.2) is 46.1 Å². The molecule has 0 fully saturated rings. The maximum atomic E-state index is 13.8. The van der Waals surface area contributed by atoms with E-state index in [0.29, 0.717) is 61.5 Å². The third-order valence-electron chi connectivity index (χ3n) is 9.01. The molecule has 0 spiro atoms. The van der Waals surface area contributed by atoms with E-state index in [1.54, 1.807) is 21.6 Å². The lowest BCUT2D eigenvalue weighted by atomic mass is 10.4. The Morgan fingerprint density at radius 2 is 0.967 bits per heavy atom.